The monoisotopic (exact) mass is 294 g/mol. The van der Waals surface area contributed by atoms with Gasteiger partial charge in [0.1, 0.15) is 6.61 Å². The van der Waals surface area contributed by atoms with Crippen molar-refractivity contribution in [2.24, 2.45) is 0 Å². The van der Waals surface area contributed by atoms with Crippen LogP contribution in [0.1, 0.15) is 13.8 Å². The normalized spacial score (nSPS) is 10.7. The van der Waals surface area contributed by atoms with Crippen molar-refractivity contribution in [3.63, 3.8) is 0 Å². The third-order valence-electron chi connectivity index (χ3n) is 1.46. The van der Waals surface area contributed by atoms with Gasteiger partial charge in [-0.25, -0.2) is 4.98 Å². The van der Waals surface area contributed by atoms with Gasteiger partial charge in [0.25, 0.3) is 0 Å². The molecule has 6 heteroatoms. The summed E-state index contributed by atoms with van der Waals surface area (Å²) in [6.45, 7) is 4.89. The van der Waals surface area contributed by atoms with E-state index in [0.717, 1.165) is 0 Å². The van der Waals surface area contributed by atoms with Gasteiger partial charge in [0, 0.05) is 6.20 Å². The van der Waals surface area contributed by atoms with Crippen LogP contribution in [0.4, 0.5) is 0 Å². The summed E-state index contributed by atoms with van der Waals surface area (Å²) >= 11 is 8.89. The average Bonchev–Trinajstić information content (AvgIpc) is 2.17. The molecular weight excluding hydrogens is 283 g/mol. The molecule has 0 N–H and O–H groups in total. The molecule has 0 aliphatic heterocycles. The summed E-state index contributed by atoms with van der Waals surface area (Å²) in [7, 11) is 0. The quantitative estimate of drug-likeness (QED) is 0.619. The lowest BCUT2D eigenvalue weighted by Crippen LogP contribution is -2.12. The summed E-state index contributed by atoms with van der Waals surface area (Å²) in [5.74, 6) is 0.433. The maximum absolute atomic E-state index is 5.63. The fraction of sp³-hybridized carbons (Fsp3) is 0.556. The minimum Gasteiger partial charge on any atom is -0.474 e. The van der Waals surface area contributed by atoms with Crippen molar-refractivity contribution in [1.29, 1.82) is 0 Å². The molecule has 1 heterocycles. The molecule has 84 valence electrons. The summed E-state index contributed by atoms with van der Waals surface area (Å²) < 4.78 is 11.4. The minimum absolute atomic E-state index is 0.165. The number of hydrogen-bond donors (Lipinski definition) is 0. The van der Waals surface area contributed by atoms with Crippen molar-refractivity contribution < 1.29 is 9.47 Å². The van der Waals surface area contributed by atoms with E-state index >= 15 is 0 Å². The summed E-state index contributed by atoms with van der Waals surface area (Å²) in [4.78, 5) is 7.71. The van der Waals surface area contributed by atoms with Gasteiger partial charge in [0.15, 0.2) is 0 Å². The fourth-order valence-electron chi connectivity index (χ4n) is 0.855. The lowest BCUT2D eigenvalue weighted by molar-refractivity contribution is 0.0540. The molecule has 0 unspecified atom stereocenters. The van der Waals surface area contributed by atoms with Crippen LogP contribution in [0.3, 0.4) is 0 Å². The number of rotatable bonds is 5. The van der Waals surface area contributed by atoms with E-state index in [2.05, 4.69) is 25.9 Å². The predicted octanol–water partition coefficient (Wildman–Crippen LogP) is 2.70. The highest BCUT2D eigenvalue weighted by molar-refractivity contribution is 9.10. The van der Waals surface area contributed by atoms with Crippen LogP contribution in [0.2, 0.25) is 5.28 Å². The van der Waals surface area contributed by atoms with E-state index in [4.69, 9.17) is 21.1 Å². The molecule has 1 aromatic heterocycles. The second-order valence-corrected chi connectivity index (χ2v) is 4.25. The summed E-state index contributed by atoms with van der Waals surface area (Å²) in [6, 6.07) is 0. The number of nitrogens with zero attached hydrogens (tertiary/aromatic N) is 2. The van der Waals surface area contributed by atoms with Crippen LogP contribution in [0, 0.1) is 0 Å². The van der Waals surface area contributed by atoms with Crippen LogP contribution in [-0.2, 0) is 4.74 Å². The molecule has 0 spiro atoms. The summed E-state index contributed by atoms with van der Waals surface area (Å²) in [5.41, 5.74) is 0. The Kier molecular flexibility index (Phi) is 5.28. The van der Waals surface area contributed by atoms with Crippen LogP contribution >= 0.6 is 27.5 Å². The Bertz CT molecular complexity index is 323. The zero-order valence-corrected chi connectivity index (χ0v) is 10.9. The van der Waals surface area contributed by atoms with Gasteiger partial charge in [-0.1, -0.05) is 0 Å². The minimum atomic E-state index is 0.165. The van der Waals surface area contributed by atoms with Crippen molar-refractivity contribution in [3.8, 4) is 5.88 Å². The highest BCUT2D eigenvalue weighted by Gasteiger charge is 2.04. The largest absolute Gasteiger partial charge is 0.474 e. The van der Waals surface area contributed by atoms with Gasteiger partial charge in [-0.2, -0.15) is 4.98 Å². The lowest BCUT2D eigenvalue weighted by atomic mass is 10.5. The van der Waals surface area contributed by atoms with E-state index in [-0.39, 0.29) is 11.4 Å². The van der Waals surface area contributed by atoms with Gasteiger partial charge in [-0.15, -0.1) is 0 Å². The Labute approximate surface area is 102 Å². The average molecular weight is 296 g/mol. The summed E-state index contributed by atoms with van der Waals surface area (Å²) in [5, 5.41) is 0.165. The first-order valence-electron chi connectivity index (χ1n) is 4.52. The summed E-state index contributed by atoms with van der Waals surface area (Å²) in [6.07, 6.45) is 1.75. The number of halogens is 2. The van der Waals surface area contributed by atoms with Crippen LogP contribution in [0.15, 0.2) is 10.7 Å². The van der Waals surface area contributed by atoms with E-state index in [9.17, 15) is 0 Å². The Morgan fingerprint density at radius 3 is 2.87 bits per heavy atom. The molecule has 1 aromatic rings. The van der Waals surface area contributed by atoms with E-state index in [1.807, 2.05) is 13.8 Å². The van der Waals surface area contributed by atoms with Crippen molar-refractivity contribution in [1.82, 2.24) is 9.97 Å². The Balaban J connectivity index is 2.40. The van der Waals surface area contributed by atoms with Gasteiger partial charge in [0.2, 0.25) is 11.2 Å². The molecule has 0 aliphatic carbocycles. The molecule has 0 radical (unpaired) electrons. The van der Waals surface area contributed by atoms with Crippen molar-refractivity contribution in [2.75, 3.05) is 13.2 Å². The van der Waals surface area contributed by atoms with Gasteiger partial charge >= 0.3 is 0 Å². The molecule has 0 atom stereocenters. The highest BCUT2D eigenvalue weighted by atomic mass is 79.9. The molecule has 1 rings (SSSR count). The van der Waals surface area contributed by atoms with Gasteiger partial charge in [-0.05, 0) is 41.4 Å². The first-order chi connectivity index (χ1) is 7.09. The van der Waals surface area contributed by atoms with E-state index < -0.39 is 0 Å². The van der Waals surface area contributed by atoms with Gasteiger partial charge in [0.05, 0.1) is 17.2 Å². The smallest absolute Gasteiger partial charge is 0.232 e. The van der Waals surface area contributed by atoms with Crippen LogP contribution in [0.5, 0.6) is 5.88 Å². The maximum atomic E-state index is 5.63. The first-order valence-corrected chi connectivity index (χ1v) is 5.69. The molecule has 0 saturated heterocycles. The SMILES string of the molecule is CC(C)OCCOc1nc(Cl)ncc1Br. The first kappa shape index (κ1) is 12.7. The van der Waals surface area contributed by atoms with Crippen molar-refractivity contribution in [3.05, 3.63) is 16.0 Å². The third-order valence-corrected chi connectivity index (χ3v) is 2.18. The van der Waals surface area contributed by atoms with Gasteiger partial charge < -0.3 is 9.47 Å². The second-order valence-electron chi connectivity index (χ2n) is 3.06. The Morgan fingerprint density at radius 2 is 2.20 bits per heavy atom. The Morgan fingerprint density at radius 1 is 1.47 bits per heavy atom. The van der Waals surface area contributed by atoms with E-state index in [1.54, 1.807) is 6.20 Å². The molecule has 0 bridgehead atoms. The second kappa shape index (κ2) is 6.25. The molecular formula is C9H12BrClN2O2. The lowest BCUT2D eigenvalue weighted by Gasteiger charge is -2.09. The third kappa shape index (κ3) is 4.77. The fourth-order valence-corrected chi connectivity index (χ4v) is 1.29. The molecule has 0 amide bonds. The van der Waals surface area contributed by atoms with Crippen molar-refractivity contribution in [2.45, 2.75) is 20.0 Å². The number of aromatic nitrogens is 2. The number of hydrogen-bond acceptors (Lipinski definition) is 4. The van der Waals surface area contributed by atoms with E-state index in [0.29, 0.717) is 23.6 Å². The molecule has 0 fully saturated rings. The molecule has 15 heavy (non-hydrogen) atoms. The molecule has 4 nitrogen and oxygen atoms in total. The zero-order valence-electron chi connectivity index (χ0n) is 8.54. The maximum Gasteiger partial charge on any atom is 0.232 e. The zero-order chi connectivity index (χ0) is 11.3. The highest BCUT2D eigenvalue weighted by Crippen LogP contribution is 2.22. The predicted molar refractivity (Wildman–Crippen MR) is 61.3 cm³/mol. The van der Waals surface area contributed by atoms with Gasteiger partial charge in [-0.3, -0.25) is 0 Å². The molecule has 0 aliphatic rings. The van der Waals surface area contributed by atoms with Crippen LogP contribution < -0.4 is 4.74 Å². The Hall–Kier alpha value is -0.390. The molecule has 0 aromatic carbocycles. The standard InChI is InChI=1S/C9H12BrClN2O2/c1-6(2)14-3-4-15-8-7(10)5-12-9(11)13-8/h5-6H,3-4H2,1-2H3. The topological polar surface area (TPSA) is 44.2 Å². The van der Waals surface area contributed by atoms with E-state index in [1.165, 1.54) is 0 Å². The van der Waals surface area contributed by atoms with Crippen molar-refractivity contribution >= 4 is 27.5 Å². The van der Waals surface area contributed by atoms with Crippen LogP contribution in [0.25, 0.3) is 0 Å². The van der Waals surface area contributed by atoms with Crippen LogP contribution in [-0.4, -0.2) is 29.3 Å². The molecule has 0 saturated carbocycles. The number of ether oxygens (including phenoxy) is 2.